The number of nitrogens with one attached hydrogen (secondary N) is 1. The molecule has 9 nitrogen and oxygen atoms in total. The lowest BCUT2D eigenvalue weighted by Gasteiger charge is -2.35. The minimum Gasteiger partial charge on any atom is -0.378 e. The van der Waals surface area contributed by atoms with Crippen LogP contribution in [-0.4, -0.2) is 89.9 Å². The summed E-state index contributed by atoms with van der Waals surface area (Å²) in [5.74, 6) is -1.47. The third-order valence-electron chi connectivity index (χ3n) is 5.80. The molecule has 2 aliphatic rings. The molecule has 2 aliphatic heterocycles. The second-order valence-electron chi connectivity index (χ2n) is 7.97. The van der Waals surface area contributed by atoms with Gasteiger partial charge in [-0.2, -0.15) is 0 Å². The number of H-pyrrole nitrogens is 1. The molecule has 0 aliphatic carbocycles. The smallest absolute Gasteiger partial charge is 0.312 e. The van der Waals surface area contributed by atoms with Crippen LogP contribution >= 0.6 is 0 Å². The maximum absolute atomic E-state index is 12.9. The van der Waals surface area contributed by atoms with Gasteiger partial charge in [0, 0.05) is 45.0 Å². The lowest BCUT2D eigenvalue weighted by atomic mass is 10.1. The Morgan fingerprint density at radius 3 is 2.09 bits per heavy atom. The van der Waals surface area contributed by atoms with Crippen LogP contribution in [0.15, 0.2) is 41.2 Å². The average Bonchev–Trinajstić information content (AvgIpc) is 2.83. The summed E-state index contributed by atoms with van der Waals surface area (Å²) in [6, 6.07) is 11.0. The van der Waals surface area contributed by atoms with Gasteiger partial charge in [0.25, 0.3) is 11.5 Å². The molecule has 0 unspecified atom stereocenters. The summed E-state index contributed by atoms with van der Waals surface area (Å²) in [4.78, 5) is 57.7. The molecule has 168 valence electrons. The Kier molecular flexibility index (Phi) is 6.36. The summed E-state index contributed by atoms with van der Waals surface area (Å²) >= 11 is 0. The number of carbonyl (C=O) groups is 3. The highest BCUT2D eigenvalue weighted by Gasteiger charge is 2.32. The molecule has 3 heterocycles. The van der Waals surface area contributed by atoms with Crippen LogP contribution in [0, 0.1) is 6.92 Å². The van der Waals surface area contributed by atoms with Crippen LogP contribution in [0.3, 0.4) is 0 Å². The molecular weight excluding hydrogens is 412 g/mol. The minimum atomic E-state index is -0.556. The van der Waals surface area contributed by atoms with Crippen molar-refractivity contribution in [1.82, 2.24) is 19.7 Å². The van der Waals surface area contributed by atoms with Gasteiger partial charge in [0.1, 0.15) is 5.56 Å². The van der Waals surface area contributed by atoms with Gasteiger partial charge in [-0.3, -0.25) is 19.2 Å². The van der Waals surface area contributed by atoms with Crippen molar-refractivity contribution in [1.29, 1.82) is 0 Å². The number of pyridine rings is 1. The zero-order valence-corrected chi connectivity index (χ0v) is 18.0. The maximum atomic E-state index is 12.9. The van der Waals surface area contributed by atoms with Crippen LogP contribution in [0.2, 0.25) is 0 Å². The second-order valence-corrected chi connectivity index (χ2v) is 7.97. The number of rotatable bonds is 2. The first-order valence-corrected chi connectivity index (χ1v) is 10.7. The molecule has 2 saturated heterocycles. The maximum Gasteiger partial charge on any atom is 0.312 e. The molecule has 0 spiro atoms. The van der Waals surface area contributed by atoms with E-state index in [0.717, 1.165) is 11.1 Å². The predicted molar refractivity (Wildman–Crippen MR) is 117 cm³/mol. The first-order valence-electron chi connectivity index (χ1n) is 10.7. The molecule has 1 aromatic heterocycles. The minimum absolute atomic E-state index is 0.0607. The molecule has 4 rings (SSSR count). The van der Waals surface area contributed by atoms with Gasteiger partial charge in [-0.05, 0) is 30.7 Å². The Labute approximate surface area is 185 Å². The van der Waals surface area contributed by atoms with Crippen molar-refractivity contribution in [2.75, 3.05) is 52.5 Å². The van der Waals surface area contributed by atoms with Crippen LogP contribution in [0.1, 0.15) is 15.9 Å². The van der Waals surface area contributed by atoms with E-state index in [1.54, 1.807) is 11.0 Å². The lowest BCUT2D eigenvalue weighted by Crippen LogP contribution is -2.55. The van der Waals surface area contributed by atoms with E-state index in [4.69, 9.17) is 4.74 Å². The number of carbonyl (C=O) groups excluding carboxylic acids is 3. The molecule has 2 aromatic rings. The quantitative estimate of drug-likeness (QED) is 0.688. The Morgan fingerprint density at radius 2 is 1.47 bits per heavy atom. The molecule has 0 bridgehead atoms. The van der Waals surface area contributed by atoms with Gasteiger partial charge in [-0.1, -0.05) is 23.8 Å². The number of aromatic amines is 1. The second kappa shape index (κ2) is 9.35. The Balaban J connectivity index is 1.38. The van der Waals surface area contributed by atoms with Crippen molar-refractivity contribution in [2.24, 2.45) is 0 Å². The van der Waals surface area contributed by atoms with Gasteiger partial charge in [-0.25, -0.2) is 0 Å². The fourth-order valence-corrected chi connectivity index (χ4v) is 3.94. The van der Waals surface area contributed by atoms with E-state index in [1.165, 1.54) is 15.9 Å². The number of morpholine rings is 1. The molecule has 2 fully saturated rings. The van der Waals surface area contributed by atoms with E-state index in [2.05, 4.69) is 4.98 Å². The molecule has 9 heteroatoms. The van der Waals surface area contributed by atoms with Crippen molar-refractivity contribution in [3.05, 3.63) is 57.9 Å². The standard InChI is InChI=1S/C23H26N4O5/c1-16-3-2-4-17(15-16)19-6-5-18(20(28)24-19)21(29)25-7-9-26(10-8-25)22(30)23(31)27-11-13-32-14-12-27/h2-6,15H,7-14H2,1H3,(H,24,28). The summed E-state index contributed by atoms with van der Waals surface area (Å²) in [6.45, 7) is 4.67. The SMILES string of the molecule is Cc1cccc(-c2ccc(C(=O)N3CCN(C(=O)C(=O)N4CCOCC4)CC3)c(=O)[nH]2)c1. The average molecular weight is 438 g/mol. The van der Waals surface area contributed by atoms with E-state index in [-0.39, 0.29) is 37.6 Å². The lowest BCUT2D eigenvalue weighted by molar-refractivity contribution is -0.154. The van der Waals surface area contributed by atoms with E-state index in [9.17, 15) is 19.2 Å². The molecule has 0 atom stereocenters. The monoisotopic (exact) mass is 438 g/mol. The van der Waals surface area contributed by atoms with E-state index < -0.39 is 17.4 Å². The molecule has 0 radical (unpaired) electrons. The number of hydrogen-bond acceptors (Lipinski definition) is 5. The summed E-state index contributed by atoms with van der Waals surface area (Å²) in [7, 11) is 0. The highest BCUT2D eigenvalue weighted by molar-refractivity contribution is 6.35. The first kappa shape index (κ1) is 21.8. The van der Waals surface area contributed by atoms with Gasteiger partial charge in [0.05, 0.1) is 13.2 Å². The number of aromatic nitrogens is 1. The van der Waals surface area contributed by atoms with Gasteiger partial charge in [0.2, 0.25) is 0 Å². The predicted octanol–water partition coefficient (Wildman–Crippen LogP) is 0.494. The molecule has 0 saturated carbocycles. The number of amides is 3. The third kappa shape index (κ3) is 4.57. The fraction of sp³-hybridized carbons (Fsp3) is 0.391. The van der Waals surface area contributed by atoms with Crippen LogP contribution in [0.4, 0.5) is 0 Å². The van der Waals surface area contributed by atoms with Crippen molar-refractivity contribution >= 4 is 17.7 Å². The zero-order chi connectivity index (χ0) is 22.7. The van der Waals surface area contributed by atoms with E-state index >= 15 is 0 Å². The molecule has 1 N–H and O–H groups in total. The molecule has 1 aromatic carbocycles. The number of nitrogens with zero attached hydrogens (tertiary/aromatic N) is 3. The summed E-state index contributed by atoms with van der Waals surface area (Å²) in [5, 5.41) is 0. The third-order valence-corrected chi connectivity index (χ3v) is 5.80. The number of piperazine rings is 1. The van der Waals surface area contributed by atoms with Crippen molar-refractivity contribution in [2.45, 2.75) is 6.92 Å². The number of aryl methyl sites for hydroxylation is 1. The summed E-state index contributed by atoms with van der Waals surface area (Å²) in [6.07, 6.45) is 0. The van der Waals surface area contributed by atoms with Crippen LogP contribution in [0.25, 0.3) is 11.3 Å². The molecule has 3 amide bonds. The van der Waals surface area contributed by atoms with Crippen molar-refractivity contribution in [3.8, 4) is 11.3 Å². The van der Waals surface area contributed by atoms with Gasteiger partial charge < -0.3 is 24.4 Å². The largest absolute Gasteiger partial charge is 0.378 e. The number of hydrogen-bond donors (Lipinski definition) is 1. The Morgan fingerprint density at radius 1 is 0.844 bits per heavy atom. The highest BCUT2D eigenvalue weighted by Crippen LogP contribution is 2.17. The van der Waals surface area contributed by atoms with Gasteiger partial charge in [0.15, 0.2) is 0 Å². The van der Waals surface area contributed by atoms with Gasteiger partial charge in [-0.15, -0.1) is 0 Å². The van der Waals surface area contributed by atoms with Crippen LogP contribution in [0.5, 0.6) is 0 Å². The Bertz CT molecular complexity index is 1080. The van der Waals surface area contributed by atoms with Crippen molar-refractivity contribution < 1.29 is 19.1 Å². The van der Waals surface area contributed by atoms with Crippen LogP contribution in [-0.2, 0) is 14.3 Å². The normalized spacial score (nSPS) is 16.7. The summed E-state index contributed by atoms with van der Waals surface area (Å²) in [5.41, 5.74) is 2.20. The summed E-state index contributed by atoms with van der Waals surface area (Å²) < 4.78 is 5.21. The number of benzene rings is 1. The van der Waals surface area contributed by atoms with Crippen LogP contribution < -0.4 is 5.56 Å². The fourth-order valence-electron chi connectivity index (χ4n) is 3.94. The Hall–Kier alpha value is -3.46. The van der Waals surface area contributed by atoms with Gasteiger partial charge >= 0.3 is 11.8 Å². The van der Waals surface area contributed by atoms with E-state index in [0.29, 0.717) is 32.0 Å². The zero-order valence-electron chi connectivity index (χ0n) is 18.0. The molecular formula is C23H26N4O5. The van der Waals surface area contributed by atoms with E-state index in [1.807, 2.05) is 31.2 Å². The van der Waals surface area contributed by atoms with Crippen molar-refractivity contribution in [3.63, 3.8) is 0 Å². The highest BCUT2D eigenvalue weighted by atomic mass is 16.5. The molecule has 32 heavy (non-hydrogen) atoms. The first-order chi connectivity index (χ1) is 15.4. The topological polar surface area (TPSA) is 103 Å². The number of ether oxygens (including phenoxy) is 1.